The van der Waals surface area contributed by atoms with Crippen molar-refractivity contribution in [3.63, 3.8) is 0 Å². The Morgan fingerprint density at radius 1 is 0.889 bits per heavy atom. The second kappa shape index (κ2) is 8.78. The Hall–Kier alpha value is -2.72. The third-order valence-corrected chi connectivity index (χ3v) is 6.21. The number of hydroxylamine groups is 1. The number of hydrogen-bond donors (Lipinski definition) is 2. The van der Waals surface area contributed by atoms with Crippen molar-refractivity contribution < 1.29 is 19.1 Å². The number of rotatable bonds is 7. The van der Waals surface area contributed by atoms with Gasteiger partial charge in [-0.1, -0.05) is 78.9 Å². The minimum Gasteiger partial charge on any atom is -0.369 e. The van der Waals surface area contributed by atoms with Gasteiger partial charge in [-0.05, 0) is 23.3 Å². The number of hydrogen-bond acceptors (Lipinski definition) is 4. The van der Waals surface area contributed by atoms with E-state index in [1.54, 1.807) is 54.6 Å². The van der Waals surface area contributed by atoms with Crippen LogP contribution in [0.4, 0.5) is 0 Å². The zero-order valence-corrected chi connectivity index (χ0v) is 15.5. The monoisotopic (exact) mass is 381 g/mol. The Kier molecular flexibility index (Phi) is 6.20. The average molecular weight is 381 g/mol. The van der Waals surface area contributed by atoms with Crippen LogP contribution in [-0.4, -0.2) is 10.9 Å². The van der Waals surface area contributed by atoms with Crippen LogP contribution in [0.15, 0.2) is 91.0 Å². The van der Waals surface area contributed by atoms with Gasteiger partial charge in [-0.15, -0.1) is 5.48 Å². The zero-order chi connectivity index (χ0) is 19.1. The third kappa shape index (κ3) is 4.92. The first kappa shape index (κ1) is 19.1. The van der Waals surface area contributed by atoms with Crippen molar-refractivity contribution in [3.8, 4) is 0 Å². The maximum absolute atomic E-state index is 13.2. The molecule has 6 heteroatoms. The zero-order valence-electron chi connectivity index (χ0n) is 14.6. The lowest BCUT2D eigenvalue weighted by Crippen LogP contribution is -2.28. The Labute approximate surface area is 158 Å². The first-order chi connectivity index (χ1) is 13.1. The smallest absolute Gasteiger partial charge is 0.329 e. The number of benzene rings is 3. The Balaban J connectivity index is 1.79. The van der Waals surface area contributed by atoms with Crippen LogP contribution in [0.5, 0.6) is 0 Å². The predicted octanol–water partition coefficient (Wildman–Crippen LogP) is 3.57. The van der Waals surface area contributed by atoms with Gasteiger partial charge in [0.05, 0.1) is 6.42 Å². The molecule has 0 spiro atoms. The van der Waals surface area contributed by atoms with Crippen LogP contribution < -0.4 is 10.8 Å². The van der Waals surface area contributed by atoms with E-state index >= 15 is 0 Å². The van der Waals surface area contributed by atoms with Crippen LogP contribution in [-0.2, 0) is 20.6 Å². The maximum atomic E-state index is 13.2. The van der Waals surface area contributed by atoms with Crippen molar-refractivity contribution in [3.05, 3.63) is 102 Å². The molecule has 3 rings (SSSR count). The van der Waals surface area contributed by atoms with Crippen molar-refractivity contribution in [2.24, 2.45) is 0 Å². The summed E-state index contributed by atoms with van der Waals surface area (Å²) in [6, 6.07) is 26.3. The Bertz CT molecular complexity index is 917. The number of carbonyl (C=O) groups excluding carboxylic acids is 1. The fraction of sp³-hybridized carbons (Fsp3) is 0.0952. The summed E-state index contributed by atoms with van der Waals surface area (Å²) < 4.78 is 13.2. The normalized spacial score (nSPS) is 14.1. The lowest BCUT2D eigenvalue weighted by Gasteiger charge is -2.24. The molecule has 27 heavy (non-hydrogen) atoms. The highest BCUT2D eigenvalue weighted by atomic mass is 31.2. The van der Waals surface area contributed by atoms with Crippen LogP contribution in [0.25, 0.3) is 0 Å². The highest BCUT2D eigenvalue weighted by molar-refractivity contribution is 7.66. The van der Waals surface area contributed by atoms with Crippen LogP contribution >= 0.6 is 7.37 Å². The number of nitrogens with one attached hydrogen (secondary N) is 1. The van der Waals surface area contributed by atoms with Crippen LogP contribution in [0, 0.1) is 0 Å². The second-order valence-electron chi connectivity index (χ2n) is 6.03. The van der Waals surface area contributed by atoms with Crippen molar-refractivity contribution in [2.75, 3.05) is 0 Å². The molecule has 0 heterocycles. The van der Waals surface area contributed by atoms with E-state index in [0.29, 0.717) is 5.56 Å². The molecule has 3 aromatic rings. The lowest BCUT2D eigenvalue weighted by molar-refractivity contribution is -0.151. The SMILES string of the molecule is O=C(Cc1ccccc1)ONC(c1ccccc1)P(=O)(O)c1ccccc1. The van der Waals surface area contributed by atoms with Gasteiger partial charge < -0.3 is 9.73 Å². The second-order valence-corrected chi connectivity index (χ2v) is 8.30. The summed E-state index contributed by atoms with van der Waals surface area (Å²) in [6.07, 6.45) is 0.0659. The van der Waals surface area contributed by atoms with E-state index in [1.165, 1.54) is 0 Å². The summed E-state index contributed by atoms with van der Waals surface area (Å²) in [5, 5.41) is 0.283. The molecule has 0 amide bonds. The van der Waals surface area contributed by atoms with E-state index < -0.39 is 19.1 Å². The molecule has 0 saturated heterocycles. The molecule has 0 radical (unpaired) electrons. The Morgan fingerprint density at radius 3 is 2.00 bits per heavy atom. The summed E-state index contributed by atoms with van der Waals surface area (Å²) in [5.74, 6) is -1.60. The standard InChI is InChI=1S/C21H20NO4P/c23-20(16-17-10-4-1-5-11-17)26-22-21(18-12-6-2-7-13-18)27(24,25)19-14-8-3-9-15-19/h1-15,21-22H,16H2,(H,24,25). The average Bonchev–Trinajstić information content (AvgIpc) is 2.70. The molecule has 2 N–H and O–H groups in total. The molecule has 3 aromatic carbocycles. The van der Waals surface area contributed by atoms with Gasteiger partial charge in [-0.3, -0.25) is 9.36 Å². The molecule has 5 nitrogen and oxygen atoms in total. The molecule has 0 aliphatic carbocycles. The summed E-state index contributed by atoms with van der Waals surface area (Å²) in [6.45, 7) is 0. The van der Waals surface area contributed by atoms with Crippen LogP contribution in [0.2, 0.25) is 0 Å². The van der Waals surface area contributed by atoms with Crippen molar-refractivity contribution >= 4 is 18.6 Å². The summed E-state index contributed by atoms with van der Waals surface area (Å²) in [7, 11) is -3.90. The molecule has 0 aromatic heterocycles. The van der Waals surface area contributed by atoms with E-state index in [9.17, 15) is 14.3 Å². The van der Waals surface area contributed by atoms with E-state index in [1.807, 2.05) is 36.4 Å². The first-order valence-electron chi connectivity index (χ1n) is 8.49. The molecule has 2 atom stereocenters. The molecule has 138 valence electrons. The first-order valence-corrected chi connectivity index (χ1v) is 10.2. The summed E-state index contributed by atoms with van der Waals surface area (Å²) in [5.41, 5.74) is 3.89. The molecular formula is C21H20NO4P. The minimum absolute atomic E-state index is 0.0659. The Morgan fingerprint density at radius 2 is 1.41 bits per heavy atom. The molecule has 0 bridgehead atoms. The third-order valence-electron chi connectivity index (χ3n) is 4.07. The van der Waals surface area contributed by atoms with Crippen LogP contribution in [0.1, 0.15) is 16.9 Å². The highest BCUT2D eigenvalue weighted by Gasteiger charge is 2.35. The van der Waals surface area contributed by atoms with Gasteiger partial charge in [-0.25, -0.2) is 0 Å². The van der Waals surface area contributed by atoms with E-state index in [4.69, 9.17) is 4.84 Å². The van der Waals surface area contributed by atoms with E-state index in [2.05, 4.69) is 5.48 Å². The van der Waals surface area contributed by atoms with Crippen molar-refractivity contribution in [2.45, 2.75) is 12.2 Å². The van der Waals surface area contributed by atoms with Gasteiger partial charge in [-0.2, -0.15) is 0 Å². The fourth-order valence-electron chi connectivity index (χ4n) is 2.69. The van der Waals surface area contributed by atoms with Gasteiger partial charge in [0.2, 0.25) is 0 Å². The minimum atomic E-state index is -3.90. The summed E-state index contributed by atoms with van der Waals surface area (Å²) in [4.78, 5) is 28.1. The topological polar surface area (TPSA) is 75.6 Å². The van der Waals surface area contributed by atoms with E-state index in [-0.39, 0.29) is 11.7 Å². The molecule has 0 aliphatic rings. The maximum Gasteiger partial charge on any atom is 0.329 e. The predicted molar refractivity (Wildman–Crippen MR) is 104 cm³/mol. The molecule has 0 saturated carbocycles. The van der Waals surface area contributed by atoms with Gasteiger partial charge >= 0.3 is 5.97 Å². The van der Waals surface area contributed by atoms with Gasteiger partial charge in [0.25, 0.3) is 7.37 Å². The fourth-order valence-corrected chi connectivity index (χ4v) is 4.36. The molecule has 0 fully saturated rings. The molecule has 2 unspecified atom stereocenters. The van der Waals surface area contributed by atoms with Crippen molar-refractivity contribution in [1.29, 1.82) is 0 Å². The van der Waals surface area contributed by atoms with Gasteiger partial charge in [0.1, 0.15) is 5.78 Å². The highest BCUT2D eigenvalue weighted by Crippen LogP contribution is 2.52. The largest absolute Gasteiger partial charge is 0.369 e. The van der Waals surface area contributed by atoms with Crippen LogP contribution in [0.3, 0.4) is 0 Å². The number of carbonyl (C=O) groups is 1. The molecular weight excluding hydrogens is 361 g/mol. The lowest BCUT2D eigenvalue weighted by atomic mass is 10.2. The van der Waals surface area contributed by atoms with E-state index in [0.717, 1.165) is 5.56 Å². The van der Waals surface area contributed by atoms with Gasteiger partial charge in [0.15, 0.2) is 0 Å². The van der Waals surface area contributed by atoms with Crippen molar-refractivity contribution in [1.82, 2.24) is 5.48 Å². The summed E-state index contributed by atoms with van der Waals surface area (Å²) >= 11 is 0. The van der Waals surface area contributed by atoms with Gasteiger partial charge in [0, 0.05) is 5.30 Å². The quantitative estimate of drug-likeness (QED) is 0.483. The molecule has 0 aliphatic heterocycles.